The molecule has 4 aromatic heterocycles. The van der Waals surface area contributed by atoms with Gasteiger partial charge in [-0.1, -0.05) is 23.1 Å². The summed E-state index contributed by atoms with van der Waals surface area (Å²) in [5.74, 6) is 1.28. The molecule has 0 saturated heterocycles. The van der Waals surface area contributed by atoms with E-state index in [0.717, 1.165) is 16.2 Å². The quantitative estimate of drug-likeness (QED) is 0.398. The zero-order chi connectivity index (χ0) is 20.8. The Kier molecular flexibility index (Phi) is 4.52. The first kappa shape index (κ1) is 18.8. The summed E-state index contributed by atoms with van der Waals surface area (Å²) < 4.78 is 8.37. The lowest BCUT2D eigenvalue weighted by Crippen LogP contribution is -2.20. The molecule has 4 heterocycles. The molecule has 150 valence electrons. The number of ether oxygens (including phenoxy) is 1. The summed E-state index contributed by atoms with van der Waals surface area (Å²) in [7, 11) is 1.64. The molecule has 0 aliphatic heterocycles. The molecular formula is C20H16N6O2S2. The Balaban J connectivity index is 1.64. The SMILES string of the molecule is COc1ccc(-c2cnc(-n3ccc4c(c(C)nc5nc(SC)nn54)c3=O)s2)cc1. The van der Waals surface area contributed by atoms with E-state index < -0.39 is 0 Å². The Morgan fingerprint density at radius 3 is 2.67 bits per heavy atom. The van der Waals surface area contributed by atoms with Crippen LogP contribution >= 0.6 is 23.1 Å². The van der Waals surface area contributed by atoms with Crippen molar-refractivity contribution in [1.29, 1.82) is 0 Å². The molecule has 0 saturated carbocycles. The largest absolute Gasteiger partial charge is 0.497 e. The van der Waals surface area contributed by atoms with Gasteiger partial charge in [0, 0.05) is 12.4 Å². The molecule has 0 atom stereocenters. The van der Waals surface area contributed by atoms with Crippen LogP contribution in [0.5, 0.6) is 5.75 Å². The van der Waals surface area contributed by atoms with E-state index in [1.807, 2.05) is 43.5 Å². The zero-order valence-electron chi connectivity index (χ0n) is 16.4. The first-order valence-corrected chi connectivity index (χ1v) is 11.1. The monoisotopic (exact) mass is 436 g/mol. The third-order valence-electron chi connectivity index (χ3n) is 4.76. The van der Waals surface area contributed by atoms with Gasteiger partial charge in [0.2, 0.25) is 5.16 Å². The molecule has 1 aromatic carbocycles. The number of pyridine rings is 1. The van der Waals surface area contributed by atoms with Gasteiger partial charge in [0.1, 0.15) is 5.75 Å². The van der Waals surface area contributed by atoms with E-state index in [4.69, 9.17) is 4.74 Å². The molecule has 30 heavy (non-hydrogen) atoms. The summed E-state index contributed by atoms with van der Waals surface area (Å²) in [5, 5.41) is 6.15. The van der Waals surface area contributed by atoms with Crippen LogP contribution in [0, 0.1) is 6.92 Å². The van der Waals surface area contributed by atoms with Crippen molar-refractivity contribution in [2.45, 2.75) is 12.1 Å². The molecule has 0 unspecified atom stereocenters. The normalized spacial score (nSPS) is 11.4. The molecule has 0 amide bonds. The maximum Gasteiger partial charge on any atom is 0.268 e. The van der Waals surface area contributed by atoms with E-state index >= 15 is 0 Å². The second kappa shape index (κ2) is 7.22. The molecule has 0 spiro atoms. The summed E-state index contributed by atoms with van der Waals surface area (Å²) in [4.78, 5) is 27.6. The average Bonchev–Trinajstić information content (AvgIpc) is 3.41. The van der Waals surface area contributed by atoms with Crippen molar-refractivity contribution < 1.29 is 4.74 Å². The van der Waals surface area contributed by atoms with Crippen molar-refractivity contribution in [2.24, 2.45) is 0 Å². The van der Waals surface area contributed by atoms with Crippen molar-refractivity contribution in [3.63, 3.8) is 0 Å². The van der Waals surface area contributed by atoms with Crippen molar-refractivity contribution in [1.82, 2.24) is 29.1 Å². The van der Waals surface area contributed by atoms with E-state index in [1.165, 1.54) is 23.1 Å². The number of methoxy groups -OCH3 is 1. The lowest BCUT2D eigenvalue weighted by atomic mass is 10.2. The van der Waals surface area contributed by atoms with E-state index in [2.05, 4.69) is 20.1 Å². The Morgan fingerprint density at radius 1 is 1.13 bits per heavy atom. The van der Waals surface area contributed by atoms with Crippen LogP contribution in [0.4, 0.5) is 0 Å². The molecule has 0 N–H and O–H groups in total. The Labute approximate surface area is 179 Å². The van der Waals surface area contributed by atoms with Crippen LogP contribution in [0.2, 0.25) is 0 Å². The van der Waals surface area contributed by atoms with Gasteiger partial charge in [0.15, 0.2) is 5.13 Å². The number of aromatic nitrogens is 6. The van der Waals surface area contributed by atoms with Crippen LogP contribution in [0.3, 0.4) is 0 Å². The molecule has 0 aliphatic carbocycles. The number of aryl methyl sites for hydroxylation is 1. The highest BCUT2D eigenvalue weighted by Crippen LogP contribution is 2.29. The van der Waals surface area contributed by atoms with Gasteiger partial charge < -0.3 is 4.74 Å². The van der Waals surface area contributed by atoms with Crippen LogP contribution in [-0.4, -0.2) is 42.5 Å². The van der Waals surface area contributed by atoms with E-state index in [-0.39, 0.29) is 5.56 Å². The van der Waals surface area contributed by atoms with Crippen LogP contribution < -0.4 is 10.3 Å². The highest BCUT2D eigenvalue weighted by atomic mass is 32.2. The summed E-state index contributed by atoms with van der Waals surface area (Å²) in [6, 6.07) is 9.60. The van der Waals surface area contributed by atoms with E-state index in [1.54, 1.807) is 28.6 Å². The summed E-state index contributed by atoms with van der Waals surface area (Å²) in [6.07, 6.45) is 5.40. The van der Waals surface area contributed by atoms with Crippen molar-refractivity contribution in [3.05, 3.63) is 58.8 Å². The average molecular weight is 437 g/mol. The topological polar surface area (TPSA) is 87.2 Å². The first-order chi connectivity index (χ1) is 14.6. The van der Waals surface area contributed by atoms with Gasteiger partial charge in [0.05, 0.1) is 28.6 Å². The van der Waals surface area contributed by atoms with E-state index in [9.17, 15) is 4.79 Å². The minimum Gasteiger partial charge on any atom is -0.497 e. The van der Waals surface area contributed by atoms with Crippen LogP contribution in [0.25, 0.3) is 32.3 Å². The maximum absolute atomic E-state index is 13.3. The van der Waals surface area contributed by atoms with Gasteiger partial charge in [0.25, 0.3) is 11.3 Å². The Hall–Kier alpha value is -3.24. The Morgan fingerprint density at radius 2 is 1.93 bits per heavy atom. The predicted octanol–water partition coefficient (Wildman–Crippen LogP) is 3.59. The number of fused-ring (bicyclic) bond motifs is 3. The minimum absolute atomic E-state index is 0.184. The van der Waals surface area contributed by atoms with Crippen molar-refractivity contribution >= 4 is 39.8 Å². The molecule has 0 aliphatic rings. The molecule has 0 fully saturated rings. The molecule has 0 radical (unpaired) electrons. The number of benzene rings is 1. The molecule has 0 bridgehead atoms. The fourth-order valence-electron chi connectivity index (χ4n) is 3.27. The van der Waals surface area contributed by atoms with Gasteiger partial charge in [-0.15, -0.1) is 5.10 Å². The number of hydrogen-bond acceptors (Lipinski definition) is 8. The molecule has 5 aromatic rings. The van der Waals surface area contributed by atoms with Crippen LogP contribution in [-0.2, 0) is 0 Å². The van der Waals surface area contributed by atoms with Crippen LogP contribution in [0.15, 0.2) is 52.7 Å². The number of thioether (sulfide) groups is 1. The smallest absolute Gasteiger partial charge is 0.268 e. The lowest BCUT2D eigenvalue weighted by Gasteiger charge is -2.06. The minimum atomic E-state index is -0.184. The second-order valence-electron chi connectivity index (χ2n) is 6.49. The molecule has 5 rings (SSSR count). The lowest BCUT2D eigenvalue weighted by molar-refractivity contribution is 0.415. The highest BCUT2D eigenvalue weighted by molar-refractivity contribution is 7.98. The van der Waals surface area contributed by atoms with Gasteiger partial charge >= 0.3 is 0 Å². The third-order valence-corrected chi connectivity index (χ3v) is 6.34. The fourth-order valence-corrected chi connectivity index (χ4v) is 4.51. The van der Waals surface area contributed by atoms with E-state index in [0.29, 0.717) is 32.7 Å². The predicted molar refractivity (Wildman–Crippen MR) is 118 cm³/mol. The van der Waals surface area contributed by atoms with Crippen LogP contribution in [0.1, 0.15) is 5.69 Å². The van der Waals surface area contributed by atoms with Gasteiger partial charge in [-0.3, -0.25) is 9.36 Å². The zero-order valence-corrected chi connectivity index (χ0v) is 18.0. The Bertz CT molecular complexity index is 1450. The number of thiazole rings is 1. The molecular weight excluding hydrogens is 420 g/mol. The summed E-state index contributed by atoms with van der Waals surface area (Å²) in [6.45, 7) is 1.81. The summed E-state index contributed by atoms with van der Waals surface area (Å²) >= 11 is 2.88. The standard InChI is InChI=1S/C20H16N6O2S2/c1-11-16-14(26-18(22-11)23-19(24-26)29-3)8-9-25(17(16)27)20-21-10-15(30-20)12-4-6-13(28-2)7-5-12/h4-10H,1-3H3. The van der Waals surface area contributed by atoms with Crippen molar-refractivity contribution in [2.75, 3.05) is 13.4 Å². The highest BCUT2D eigenvalue weighted by Gasteiger charge is 2.16. The maximum atomic E-state index is 13.3. The summed E-state index contributed by atoms with van der Waals surface area (Å²) in [5.41, 5.74) is 2.12. The number of hydrogen-bond donors (Lipinski definition) is 0. The second-order valence-corrected chi connectivity index (χ2v) is 8.28. The van der Waals surface area contributed by atoms with Gasteiger partial charge in [-0.25, -0.2) is 9.97 Å². The first-order valence-electron chi connectivity index (χ1n) is 9.02. The van der Waals surface area contributed by atoms with Gasteiger partial charge in [-0.2, -0.15) is 9.50 Å². The number of nitrogens with zero attached hydrogens (tertiary/aromatic N) is 6. The fraction of sp³-hybridized carbons (Fsp3) is 0.150. The molecule has 8 nitrogen and oxygen atoms in total. The van der Waals surface area contributed by atoms with Gasteiger partial charge in [-0.05, 0) is 49.1 Å². The number of rotatable bonds is 4. The molecule has 10 heteroatoms. The van der Waals surface area contributed by atoms with Crippen molar-refractivity contribution in [3.8, 4) is 21.3 Å². The third kappa shape index (κ3) is 2.96.